The Balaban J connectivity index is 2.40. The minimum absolute atomic E-state index is 0.0815. The molecule has 1 saturated heterocycles. The summed E-state index contributed by atoms with van der Waals surface area (Å²) in [5, 5.41) is 0. The van der Waals surface area contributed by atoms with E-state index in [2.05, 4.69) is 0 Å². The summed E-state index contributed by atoms with van der Waals surface area (Å²) in [6, 6.07) is 7.16. The van der Waals surface area contributed by atoms with E-state index < -0.39 is 24.1 Å². The molecule has 0 saturated carbocycles. The van der Waals surface area contributed by atoms with Crippen LogP contribution in [0.1, 0.15) is 55.9 Å². The van der Waals surface area contributed by atoms with Crippen molar-refractivity contribution < 1.29 is 23.6 Å². The van der Waals surface area contributed by atoms with Crippen LogP contribution in [0.5, 0.6) is 0 Å². The molecule has 1 fully saturated rings. The zero-order chi connectivity index (χ0) is 17.3. The monoisotopic (exact) mass is 318 g/mol. The number of esters is 1. The molecule has 6 heteroatoms. The van der Waals surface area contributed by atoms with Crippen molar-refractivity contribution in [1.82, 2.24) is 0 Å². The van der Waals surface area contributed by atoms with Crippen LogP contribution >= 0.6 is 0 Å². The first-order chi connectivity index (χ1) is 10.7. The van der Waals surface area contributed by atoms with Crippen LogP contribution in [0, 0.1) is 0 Å². The minimum atomic E-state index is -0.625. The summed E-state index contributed by atoms with van der Waals surface area (Å²) in [4.78, 5) is 23.2. The second-order valence-corrected chi connectivity index (χ2v) is 6.76. The van der Waals surface area contributed by atoms with Crippen LogP contribution in [0.3, 0.4) is 0 Å². The molecule has 1 aliphatic rings. The molecule has 0 amide bonds. The topological polar surface area (TPSA) is 61.8 Å². The van der Waals surface area contributed by atoms with E-state index in [1.54, 1.807) is 12.1 Å². The SMILES string of the molecule is COC(=O)CC(B1OC(C)(C)C(C)(C)O1)c1ccccc1C=O. The maximum Gasteiger partial charge on any atom is 0.466 e. The van der Waals surface area contributed by atoms with Crippen molar-refractivity contribution in [3.63, 3.8) is 0 Å². The van der Waals surface area contributed by atoms with E-state index >= 15 is 0 Å². The second-order valence-electron chi connectivity index (χ2n) is 6.76. The molecular weight excluding hydrogens is 295 g/mol. The lowest BCUT2D eigenvalue weighted by molar-refractivity contribution is -0.140. The lowest BCUT2D eigenvalue weighted by Crippen LogP contribution is -2.41. The van der Waals surface area contributed by atoms with E-state index in [0.717, 1.165) is 11.8 Å². The number of ether oxygens (including phenoxy) is 1. The molecule has 1 aromatic carbocycles. The molecule has 2 rings (SSSR count). The largest absolute Gasteiger partial charge is 0.469 e. The van der Waals surface area contributed by atoms with E-state index in [4.69, 9.17) is 14.0 Å². The summed E-state index contributed by atoms with van der Waals surface area (Å²) in [7, 11) is 0.718. The fourth-order valence-electron chi connectivity index (χ4n) is 2.62. The predicted molar refractivity (Wildman–Crippen MR) is 87.3 cm³/mol. The zero-order valence-corrected chi connectivity index (χ0v) is 14.3. The lowest BCUT2D eigenvalue weighted by Gasteiger charge is -2.32. The molecule has 5 nitrogen and oxygen atoms in total. The van der Waals surface area contributed by atoms with Gasteiger partial charge in [-0.1, -0.05) is 24.3 Å². The van der Waals surface area contributed by atoms with E-state index in [1.807, 2.05) is 39.8 Å². The van der Waals surface area contributed by atoms with Crippen LogP contribution in [0.25, 0.3) is 0 Å². The Morgan fingerprint density at radius 3 is 2.30 bits per heavy atom. The average molecular weight is 318 g/mol. The highest BCUT2D eigenvalue weighted by atomic mass is 16.7. The fraction of sp³-hybridized carbons (Fsp3) is 0.529. The van der Waals surface area contributed by atoms with Gasteiger partial charge in [-0.15, -0.1) is 0 Å². The Labute approximate surface area is 137 Å². The first-order valence-electron chi connectivity index (χ1n) is 7.68. The van der Waals surface area contributed by atoms with E-state index in [9.17, 15) is 9.59 Å². The number of aldehydes is 1. The predicted octanol–water partition coefficient (Wildman–Crippen LogP) is 2.78. The van der Waals surface area contributed by atoms with Crippen LogP contribution in [0.2, 0.25) is 0 Å². The van der Waals surface area contributed by atoms with E-state index in [1.165, 1.54) is 7.11 Å². The molecular formula is C17H23BO5. The summed E-state index contributed by atoms with van der Waals surface area (Å²) < 4.78 is 17.0. The average Bonchev–Trinajstić information content (AvgIpc) is 2.72. The second kappa shape index (κ2) is 6.45. The molecule has 0 radical (unpaired) electrons. The minimum Gasteiger partial charge on any atom is -0.469 e. The number of carbonyl (C=O) groups excluding carboxylic acids is 2. The molecule has 124 valence electrons. The maximum absolute atomic E-state index is 11.9. The highest BCUT2D eigenvalue weighted by Crippen LogP contribution is 2.42. The zero-order valence-electron chi connectivity index (χ0n) is 14.3. The summed E-state index contributed by atoms with van der Waals surface area (Å²) in [6.45, 7) is 7.81. The maximum atomic E-state index is 11.9. The smallest absolute Gasteiger partial charge is 0.466 e. The van der Waals surface area contributed by atoms with Gasteiger partial charge >= 0.3 is 13.1 Å². The Bertz CT molecular complexity index is 580. The van der Waals surface area contributed by atoms with Gasteiger partial charge in [-0.05, 0) is 33.3 Å². The van der Waals surface area contributed by atoms with Crippen molar-refractivity contribution in [1.29, 1.82) is 0 Å². The number of benzene rings is 1. The molecule has 23 heavy (non-hydrogen) atoms. The number of hydrogen-bond donors (Lipinski definition) is 0. The van der Waals surface area contributed by atoms with Gasteiger partial charge in [-0.3, -0.25) is 9.59 Å². The van der Waals surface area contributed by atoms with Crippen LogP contribution in [0.15, 0.2) is 24.3 Å². The highest BCUT2D eigenvalue weighted by molar-refractivity contribution is 6.48. The van der Waals surface area contributed by atoms with Gasteiger partial charge in [0, 0.05) is 11.4 Å². The van der Waals surface area contributed by atoms with Crippen LogP contribution in [-0.4, -0.2) is 37.7 Å². The van der Waals surface area contributed by atoms with Crippen LogP contribution in [0.4, 0.5) is 0 Å². The summed E-state index contributed by atoms with van der Waals surface area (Å²) in [6.07, 6.45) is 0.864. The number of hydrogen-bond acceptors (Lipinski definition) is 5. The standard InChI is InChI=1S/C17H23BO5/c1-16(2)17(3,4)23-18(22-16)14(10-15(20)21-5)13-9-7-6-8-12(13)11-19/h6-9,11,14H,10H2,1-5H3. The van der Waals surface area contributed by atoms with Gasteiger partial charge in [-0.25, -0.2) is 0 Å². The molecule has 1 heterocycles. The first-order valence-corrected chi connectivity index (χ1v) is 7.68. The fourth-order valence-corrected chi connectivity index (χ4v) is 2.62. The summed E-state index contributed by atoms with van der Waals surface area (Å²) in [5.74, 6) is -0.782. The van der Waals surface area contributed by atoms with Gasteiger partial charge in [0.05, 0.1) is 24.7 Å². The van der Waals surface area contributed by atoms with Gasteiger partial charge in [0.25, 0.3) is 0 Å². The van der Waals surface area contributed by atoms with Crippen LogP contribution < -0.4 is 0 Å². The quantitative estimate of drug-likeness (QED) is 0.474. The Morgan fingerprint density at radius 2 is 1.78 bits per heavy atom. The Kier molecular flexibility index (Phi) is 4.97. The van der Waals surface area contributed by atoms with Gasteiger partial charge in [0.15, 0.2) is 0 Å². The van der Waals surface area contributed by atoms with Crippen molar-refractivity contribution >= 4 is 19.4 Å². The van der Waals surface area contributed by atoms with E-state index in [0.29, 0.717) is 5.56 Å². The molecule has 1 atom stereocenters. The van der Waals surface area contributed by atoms with Crippen molar-refractivity contribution in [2.24, 2.45) is 0 Å². The van der Waals surface area contributed by atoms with Crippen molar-refractivity contribution in [2.45, 2.75) is 51.1 Å². The lowest BCUT2D eigenvalue weighted by atomic mass is 9.65. The van der Waals surface area contributed by atoms with Gasteiger partial charge in [-0.2, -0.15) is 0 Å². The van der Waals surface area contributed by atoms with Gasteiger partial charge in [0.2, 0.25) is 0 Å². The molecule has 1 aliphatic heterocycles. The normalized spacial score (nSPS) is 20.1. The molecule has 0 spiro atoms. The summed E-state index contributed by atoms with van der Waals surface area (Å²) in [5.41, 5.74) is 0.229. The third-order valence-corrected chi connectivity index (χ3v) is 4.74. The first kappa shape index (κ1) is 17.7. The highest BCUT2D eigenvalue weighted by Gasteiger charge is 2.54. The van der Waals surface area contributed by atoms with E-state index in [-0.39, 0.29) is 12.4 Å². The molecule has 0 bridgehead atoms. The molecule has 1 unspecified atom stereocenters. The van der Waals surface area contributed by atoms with Crippen LogP contribution in [-0.2, 0) is 18.8 Å². The molecule has 0 aromatic heterocycles. The molecule has 0 N–H and O–H groups in total. The van der Waals surface area contributed by atoms with Crippen molar-refractivity contribution in [2.75, 3.05) is 7.11 Å². The van der Waals surface area contributed by atoms with Crippen molar-refractivity contribution in [3.8, 4) is 0 Å². The van der Waals surface area contributed by atoms with Crippen molar-refractivity contribution in [3.05, 3.63) is 35.4 Å². The third kappa shape index (κ3) is 3.48. The Hall–Kier alpha value is -1.66. The third-order valence-electron chi connectivity index (χ3n) is 4.74. The number of rotatable bonds is 5. The molecule has 1 aromatic rings. The molecule has 0 aliphatic carbocycles. The number of methoxy groups -OCH3 is 1. The Morgan fingerprint density at radius 1 is 1.22 bits per heavy atom. The summed E-state index contributed by atoms with van der Waals surface area (Å²) >= 11 is 0. The van der Waals surface area contributed by atoms with Gasteiger partial charge in [0.1, 0.15) is 6.29 Å². The number of carbonyl (C=O) groups is 2. The van der Waals surface area contributed by atoms with Gasteiger partial charge < -0.3 is 14.0 Å².